The van der Waals surface area contributed by atoms with Crippen LogP contribution < -0.4 is 5.32 Å². The molecule has 0 saturated heterocycles. The van der Waals surface area contributed by atoms with Crippen molar-refractivity contribution in [1.82, 2.24) is 15.3 Å². The summed E-state index contributed by atoms with van der Waals surface area (Å²) in [6.45, 7) is 1.91. The molecule has 0 saturated carbocycles. The first kappa shape index (κ1) is 11.3. The number of furan rings is 1. The molecule has 88 valence electrons. The highest BCUT2D eigenvalue weighted by atomic mass is 16.3. The van der Waals surface area contributed by atoms with Crippen LogP contribution in [0.1, 0.15) is 23.2 Å². The van der Waals surface area contributed by atoms with E-state index < -0.39 is 0 Å². The van der Waals surface area contributed by atoms with Crippen molar-refractivity contribution in [2.24, 2.45) is 0 Å². The van der Waals surface area contributed by atoms with Gasteiger partial charge in [-0.2, -0.15) is 0 Å². The van der Waals surface area contributed by atoms with Gasteiger partial charge in [0.15, 0.2) is 0 Å². The third kappa shape index (κ3) is 3.14. The Morgan fingerprint density at radius 1 is 1.53 bits per heavy atom. The molecule has 2 aromatic rings. The zero-order valence-electron chi connectivity index (χ0n) is 9.46. The van der Waals surface area contributed by atoms with E-state index in [9.17, 15) is 4.79 Å². The topological polar surface area (TPSA) is 68.0 Å². The number of carbonyl (C=O) groups is 1. The Hall–Kier alpha value is -2.17. The van der Waals surface area contributed by atoms with Crippen molar-refractivity contribution in [3.8, 4) is 0 Å². The molecule has 0 fully saturated rings. The smallest absolute Gasteiger partial charge is 0.271 e. The number of amides is 1. The lowest BCUT2D eigenvalue weighted by Gasteiger charge is -2.11. The van der Waals surface area contributed by atoms with E-state index in [0.717, 1.165) is 5.76 Å². The molecular weight excluding hydrogens is 218 g/mol. The molecule has 5 nitrogen and oxygen atoms in total. The summed E-state index contributed by atoms with van der Waals surface area (Å²) in [6.07, 6.45) is 6.73. The van der Waals surface area contributed by atoms with Crippen molar-refractivity contribution in [3.05, 3.63) is 48.4 Å². The maximum Gasteiger partial charge on any atom is 0.271 e. The molecule has 0 aliphatic heterocycles. The van der Waals surface area contributed by atoms with Crippen LogP contribution in [0.5, 0.6) is 0 Å². The second kappa shape index (κ2) is 5.25. The molecule has 2 rings (SSSR count). The molecule has 1 N–H and O–H groups in total. The zero-order chi connectivity index (χ0) is 12.1. The van der Waals surface area contributed by atoms with Crippen LogP contribution in [-0.4, -0.2) is 21.9 Å². The molecule has 0 aliphatic rings. The van der Waals surface area contributed by atoms with Crippen LogP contribution in [0.15, 0.2) is 41.4 Å². The molecule has 0 aromatic carbocycles. The summed E-state index contributed by atoms with van der Waals surface area (Å²) in [5.74, 6) is 0.620. The number of hydrogen-bond donors (Lipinski definition) is 1. The first-order chi connectivity index (χ1) is 8.25. The average molecular weight is 231 g/mol. The maximum atomic E-state index is 11.7. The highest BCUT2D eigenvalue weighted by Crippen LogP contribution is 2.04. The third-order valence-corrected chi connectivity index (χ3v) is 2.26. The maximum absolute atomic E-state index is 11.7. The fourth-order valence-electron chi connectivity index (χ4n) is 1.50. The Labute approximate surface area is 98.9 Å². The molecule has 1 amide bonds. The van der Waals surface area contributed by atoms with Gasteiger partial charge in [-0.05, 0) is 19.1 Å². The summed E-state index contributed by atoms with van der Waals surface area (Å²) in [6, 6.07) is 3.69. The predicted molar refractivity (Wildman–Crippen MR) is 61.4 cm³/mol. The second-order valence-corrected chi connectivity index (χ2v) is 3.75. The molecule has 5 heteroatoms. The number of rotatable bonds is 4. The Balaban J connectivity index is 1.91. The number of nitrogens with one attached hydrogen (secondary N) is 1. The minimum absolute atomic E-state index is 0.0179. The molecule has 0 unspecified atom stereocenters. The normalized spacial score (nSPS) is 12.1. The van der Waals surface area contributed by atoms with Crippen molar-refractivity contribution < 1.29 is 9.21 Å². The van der Waals surface area contributed by atoms with E-state index in [1.165, 1.54) is 18.6 Å². The van der Waals surface area contributed by atoms with Crippen molar-refractivity contribution in [2.75, 3.05) is 0 Å². The lowest BCUT2D eigenvalue weighted by atomic mass is 10.2. The minimum atomic E-state index is -0.225. The van der Waals surface area contributed by atoms with Gasteiger partial charge in [0.05, 0.1) is 12.5 Å². The standard InChI is InChI=1S/C12H13N3O2/c1-9(7-10-3-2-6-17-10)15-12(16)11-8-13-4-5-14-11/h2-6,8-9H,7H2,1H3,(H,15,16)/t9-/m0/s1. The van der Waals surface area contributed by atoms with Gasteiger partial charge in [-0.3, -0.25) is 9.78 Å². The third-order valence-electron chi connectivity index (χ3n) is 2.26. The van der Waals surface area contributed by atoms with Gasteiger partial charge in [0.25, 0.3) is 5.91 Å². The zero-order valence-corrected chi connectivity index (χ0v) is 9.46. The summed E-state index contributed by atoms with van der Waals surface area (Å²) in [7, 11) is 0. The molecule has 2 heterocycles. The lowest BCUT2D eigenvalue weighted by molar-refractivity contribution is 0.0934. The molecular formula is C12H13N3O2. The van der Waals surface area contributed by atoms with E-state index >= 15 is 0 Å². The van der Waals surface area contributed by atoms with Gasteiger partial charge in [0.1, 0.15) is 11.5 Å². The summed E-state index contributed by atoms with van der Waals surface area (Å²) >= 11 is 0. The molecule has 2 aromatic heterocycles. The number of nitrogens with zero attached hydrogens (tertiary/aromatic N) is 2. The van der Waals surface area contributed by atoms with Crippen LogP contribution in [0, 0.1) is 0 Å². The van der Waals surface area contributed by atoms with Crippen LogP contribution >= 0.6 is 0 Å². The van der Waals surface area contributed by atoms with Gasteiger partial charge in [0.2, 0.25) is 0 Å². The van der Waals surface area contributed by atoms with E-state index in [1.54, 1.807) is 6.26 Å². The van der Waals surface area contributed by atoms with Crippen LogP contribution in [-0.2, 0) is 6.42 Å². The SMILES string of the molecule is C[C@@H](Cc1ccco1)NC(=O)c1cnccn1. The van der Waals surface area contributed by atoms with Crippen LogP contribution in [0.25, 0.3) is 0 Å². The Morgan fingerprint density at radius 3 is 3.06 bits per heavy atom. The highest BCUT2D eigenvalue weighted by molar-refractivity contribution is 5.92. The molecule has 17 heavy (non-hydrogen) atoms. The van der Waals surface area contributed by atoms with Crippen molar-refractivity contribution in [3.63, 3.8) is 0 Å². The lowest BCUT2D eigenvalue weighted by Crippen LogP contribution is -2.34. The predicted octanol–water partition coefficient (Wildman–Crippen LogP) is 1.43. The van der Waals surface area contributed by atoms with Crippen LogP contribution in [0.4, 0.5) is 0 Å². The van der Waals surface area contributed by atoms with Crippen LogP contribution in [0.2, 0.25) is 0 Å². The summed E-state index contributed by atoms with van der Waals surface area (Å²) in [5, 5.41) is 2.83. The first-order valence-electron chi connectivity index (χ1n) is 5.35. The second-order valence-electron chi connectivity index (χ2n) is 3.75. The average Bonchev–Trinajstić information content (AvgIpc) is 2.82. The first-order valence-corrected chi connectivity index (χ1v) is 5.35. The monoisotopic (exact) mass is 231 g/mol. The minimum Gasteiger partial charge on any atom is -0.469 e. The van der Waals surface area contributed by atoms with Crippen LogP contribution in [0.3, 0.4) is 0 Å². The summed E-state index contributed by atoms with van der Waals surface area (Å²) < 4.78 is 5.21. The Morgan fingerprint density at radius 2 is 2.41 bits per heavy atom. The summed E-state index contributed by atoms with van der Waals surface area (Å²) in [5.41, 5.74) is 0.318. The van der Waals surface area contributed by atoms with E-state index in [4.69, 9.17) is 4.42 Å². The van der Waals surface area contributed by atoms with Gasteiger partial charge < -0.3 is 9.73 Å². The highest BCUT2D eigenvalue weighted by Gasteiger charge is 2.12. The number of aromatic nitrogens is 2. The van der Waals surface area contributed by atoms with Gasteiger partial charge in [0, 0.05) is 24.9 Å². The largest absolute Gasteiger partial charge is 0.469 e. The molecule has 1 atom stereocenters. The van der Waals surface area contributed by atoms with Gasteiger partial charge in [-0.1, -0.05) is 0 Å². The van der Waals surface area contributed by atoms with Crippen molar-refractivity contribution >= 4 is 5.91 Å². The fourth-order valence-corrected chi connectivity index (χ4v) is 1.50. The molecule has 0 spiro atoms. The number of carbonyl (C=O) groups excluding carboxylic acids is 1. The van der Waals surface area contributed by atoms with Gasteiger partial charge in [-0.15, -0.1) is 0 Å². The van der Waals surface area contributed by atoms with Gasteiger partial charge >= 0.3 is 0 Å². The van der Waals surface area contributed by atoms with E-state index in [1.807, 2.05) is 19.1 Å². The van der Waals surface area contributed by atoms with E-state index in [2.05, 4.69) is 15.3 Å². The molecule has 0 radical (unpaired) electrons. The molecule has 0 aliphatic carbocycles. The quantitative estimate of drug-likeness (QED) is 0.864. The van der Waals surface area contributed by atoms with E-state index in [0.29, 0.717) is 12.1 Å². The van der Waals surface area contributed by atoms with Gasteiger partial charge in [-0.25, -0.2) is 4.98 Å². The van der Waals surface area contributed by atoms with Crippen molar-refractivity contribution in [2.45, 2.75) is 19.4 Å². The summed E-state index contributed by atoms with van der Waals surface area (Å²) in [4.78, 5) is 19.5. The Bertz CT molecular complexity index is 468. The van der Waals surface area contributed by atoms with E-state index in [-0.39, 0.29) is 11.9 Å². The Kier molecular flexibility index (Phi) is 3.49. The number of hydrogen-bond acceptors (Lipinski definition) is 4. The van der Waals surface area contributed by atoms with Crippen molar-refractivity contribution in [1.29, 1.82) is 0 Å². The molecule has 0 bridgehead atoms. The fraction of sp³-hybridized carbons (Fsp3) is 0.250.